The lowest BCUT2D eigenvalue weighted by Crippen LogP contribution is -2.68. The average molecular weight is 253 g/mol. The Morgan fingerprint density at radius 2 is 1.88 bits per heavy atom. The fourth-order valence-corrected chi connectivity index (χ4v) is 1.47. The molecular weight excluding hydrogens is 238 g/mol. The van der Waals surface area contributed by atoms with Crippen molar-refractivity contribution in [2.24, 2.45) is 0 Å². The van der Waals surface area contributed by atoms with Gasteiger partial charge < -0.3 is 35.4 Å². The molecule has 1 rings (SSSR count). The summed E-state index contributed by atoms with van der Waals surface area (Å²) in [6, 6.07) is 0. The van der Waals surface area contributed by atoms with E-state index in [2.05, 4.69) is 5.32 Å². The second-order valence-electron chi connectivity index (χ2n) is 3.74. The van der Waals surface area contributed by atoms with E-state index in [9.17, 15) is 25.2 Å². The number of aliphatic carboxylic acids is 1. The van der Waals surface area contributed by atoms with E-state index < -0.39 is 49.4 Å². The normalized spacial score (nSPS) is 42.4. The van der Waals surface area contributed by atoms with Gasteiger partial charge in [-0.25, -0.2) is 0 Å². The summed E-state index contributed by atoms with van der Waals surface area (Å²) in [5, 5.41) is 57.3. The van der Waals surface area contributed by atoms with E-state index in [1.807, 2.05) is 0 Å². The van der Waals surface area contributed by atoms with Crippen LogP contribution in [0.1, 0.15) is 0 Å². The fraction of sp³-hybridized carbons (Fsp3) is 0.875. The molecule has 9 nitrogen and oxygen atoms in total. The standard InChI is InChI=1S/C8H15NO8/c10-2-8(16)6(15)4(13)5(14)7(17-8)9-1-3(11)12/h4-7,9-10,13-16H,1-2H2,(H,11,12)/t4-,5+,6+,7?,8+/m1/s1. The van der Waals surface area contributed by atoms with Gasteiger partial charge in [-0.05, 0) is 0 Å². The van der Waals surface area contributed by atoms with Crippen LogP contribution in [-0.2, 0) is 9.53 Å². The third-order valence-electron chi connectivity index (χ3n) is 2.46. The second-order valence-corrected chi connectivity index (χ2v) is 3.74. The van der Waals surface area contributed by atoms with Crippen molar-refractivity contribution >= 4 is 5.97 Å². The molecule has 5 atom stereocenters. The van der Waals surface area contributed by atoms with Crippen molar-refractivity contribution in [1.82, 2.24) is 5.32 Å². The number of aliphatic hydroxyl groups excluding tert-OH is 4. The van der Waals surface area contributed by atoms with Gasteiger partial charge in [0, 0.05) is 0 Å². The van der Waals surface area contributed by atoms with Crippen LogP contribution in [0.2, 0.25) is 0 Å². The van der Waals surface area contributed by atoms with E-state index in [1.165, 1.54) is 0 Å². The largest absolute Gasteiger partial charge is 0.480 e. The summed E-state index contributed by atoms with van der Waals surface area (Å²) >= 11 is 0. The Balaban J connectivity index is 2.75. The summed E-state index contributed by atoms with van der Waals surface area (Å²) < 4.78 is 4.74. The predicted octanol–water partition coefficient (Wildman–Crippen LogP) is -4.22. The van der Waals surface area contributed by atoms with Gasteiger partial charge in [0.05, 0.1) is 13.2 Å². The van der Waals surface area contributed by atoms with Crippen molar-refractivity contribution < 1.29 is 40.2 Å². The van der Waals surface area contributed by atoms with Crippen LogP contribution in [-0.4, -0.2) is 80.1 Å². The van der Waals surface area contributed by atoms with Crippen LogP contribution >= 0.6 is 0 Å². The van der Waals surface area contributed by atoms with Crippen LogP contribution in [0.15, 0.2) is 0 Å². The van der Waals surface area contributed by atoms with Crippen molar-refractivity contribution in [3.05, 3.63) is 0 Å². The molecule has 0 amide bonds. The quantitative estimate of drug-likeness (QED) is 0.263. The van der Waals surface area contributed by atoms with Gasteiger partial charge >= 0.3 is 5.97 Å². The average Bonchev–Trinajstić information content (AvgIpc) is 2.29. The van der Waals surface area contributed by atoms with Crippen LogP contribution in [0, 0.1) is 0 Å². The minimum atomic E-state index is -2.46. The van der Waals surface area contributed by atoms with Gasteiger partial charge in [-0.1, -0.05) is 0 Å². The zero-order valence-corrected chi connectivity index (χ0v) is 8.72. The smallest absolute Gasteiger partial charge is 0.317 e. The molecule has 0 bridgehead atoms. The van der Waals surface area contributed by atoms with Crippen molar-refractivity contribution in [2.45, 2.75) is 30.3 Å². The molecule has 100 valence electrons. The fourth-order valence-electron chi connectivity index (χ4n) is 1.47. The topological polar surface area (TPSA) is 160 Å². The minimum Gasteiger partial charge on any atom is -0.480 e. The summed E-state index contributed by atoms with van der Waals surface area (Å²) in [7, 11) is 0. The molecule has 1 saturated heterocycles. The zero-order chi connectivity index (χ0) is 13.2. The summed E-state index contributed by atoms with van der Waals surface area (Å²) in [6.07, 6.45) is -6.77. The lowest BCUT2D eigenvalue weighted by molar-refractivity contribution is -0.359. The maximum absolute atomic E-state index is 10.3. The second kappa shape index (κ2) is 5.23. The highest BCUT2D eigenvalue weighted by Crippen LogP contribution is 2.26. The molecule has 1 aliphatic rings. The number of rotatable bonds is 4. The molecule has 9 heteroatoms. The molecule has 1 unspecified atom stereocenters. The number of carbonyl (C=O) groups is 1. The van der Waals surface area contributed by atoms with Gasteiger partial charge in [0.1, 0.15) is 24.5 Å². The van der Waals surface area contributed by atoms with Gasteiger partial charge in [-0.15, -0.1) is 0 Å². The Morgan fingerprint density at radius 1 is 1.29 bits per heavy atom. The molecule has 17 heavy (non-hydrogen) atoms. The molecule has 0 spiro atoms. The molecule has 0 saturated carbocycles. The highest BCUT2D eigenvalue weighted by molar-refractivity contribution is 5.69. The first-order chi connectivity index (χ1) is 7.81. The minimum absolute atomic E-state index is 0.591. The number of aliphatic hydroxyl groups is 5. The Morgan fingerprint density at radius 3 is 2.35 bits per heavy atom. The van der Waals surface area contributed by atoms with Crippen LogP contribution in [0.5, 0.6) is 0 Å². The predicted molar refractivity (Wildman–Crippen MR) is 50.6 cm³/mol. The third kappa shape index (κ3) is 2.90. The Bertz CT molecular complexity index is 287. The Hall–Kier alpha value is -0.810. The summed E-state index contributed by atoms with van der Waals surface area (Å²) in [4.78, 5) is 10.3. The van der Waals surface area contributed by atoms with E-state index in [0.29, 0.717) is 0 Å². The first-order valence-corrected chi connectivity index (χ1v) is 4.82. The van der Waals surface area contributed by atoms with Crippen molar-refractivity contribution in [3.8, 4) is 0 Å². The van der Waals surface area contributed by atoms with Crippen LogP contribution in [0.4, 0.5) is 0 Å². The first-order valence-electron chi connectivity index (χ1n) is 4.82. The van der Waals surface area contributed by atoms with Crippen molar-refractivity contribution in [1.29, 1.82) is 0 Å². The van der Waals surface area contributed by atoms with E-state index in [-0.39, 0.29) is 0 Å². The third-order valence-corrected chi connectivity index (χ3v) is 2.46. The van der Waals surface area contributed by atoms with Gasteiger partial charge in [-0.2, -0.15) is 0 Å². The molecular formula is C8H15NO8. The number of carboxylic acid groups (broad SMARTS) is 1. The summed E-state index contributed by atoms with van der Waals surface area (Å²) in [5.74, 6) is -3.71. The van der Waals surface area contributed by atoms with Crippen LogP contribution in [0.3, 0.4) is 0 Å². The first kappa shape index (κ1) is 14.3. The highest BCUT2D eigenvalue weighted by atomic mass is 16.7. The van der Waals surface area contributed by atoms with Crippen molar-refractivity contribution in [3.63, 3.8) is 0 Å². The number of ether oxygens (including phenoxy) is 1. The zero-order valence-electron chi connectivity index (χ0n) is 8.72. The number of nitrogens with one attached hydrogen (secondary N) is 1. The molecule has 7 N–H and O–H groups in total. The van der Waals surface area contributed by atoms with Gasteiger partial charge in [0.15, 0.2) is 0 Å². The molecule has 0 aromatic carbocycles. The van der Waals surface area contributed by atoms with Gasteiger partial charge in [-0.3, -0.25) is 10.1 Å². The molecule has 1 aliphatic heterocycles. The van der Waals surface area contributed by atoms with Crippen LogP contribution < -0.4 is 5.32 Å². The Kier molecular flexibility index (Phi) is 4.38. The van der Waals surface area contributed by atoms with E-state index in [0.717, 1.165) is 0 Å². The maximum Gasteiger partial charge on any atom is 0.317 e. The molecule has 0 aromatic heterocycles. The highest BCUT2D eigenvalue weighted by Gasteiger charge is 2.52. The summed E-state index contributed by atoms with van der Waals surface area (Å²) in [6.45, 7) is -1.62. The summed E-state index contributed by atoms with van der Waals surface area (Å²) in [5.41, 5.74) is 0. The SMILES string of the molecule is O=C(O)CNC1O[C@@](O)(CO)[C@@H](O)[C@H](O)[C@@H]1O. The lowest BCUT2D eigenvalue weighted by Gasteiger charge is -2.44. The number of hydrogen-bond acceptors (Lipinski definition) is 8. The van der Waals surface area contributed by atoms with E-state index in [4.69, 9.17) is 14.9 Å². The molecule has 0 radical (unpaired) electrons. The van der Waals surface area contributed by atoms with Crippen LogP contribution in [0.25, 0.3) is 0 Å². The monoisotopic (exact) mass is 253 g/mol. The van der Waals surface area contributed by atoms with E-state index >= 15 is 0 Å². The molecule has 0 aliphatic carbocycles. The number of carboxylic acids is 1. The number of hydrogen-bond donors (Lipinski definition) is 7. The maximum atomic E-state index is 10.3. The van der Waals surface area contributed by atoms with Gasteiger partial charge in [0.25, 0.3) is 0 Å². The molecule has 1 fully saturated rings. The van der Waals surface area contributed by atoms with Gasteiger partial charge in [0.2, 0.25) is 5.79 Å². The Labute approximate surface area is 95.9 Å². The van der Waals surface area contributed by atoms with Crippen molar-refractivity contribution in [2.75, 3.05) is 13.2 Å². The van der Waals surface area contributed by atoms with E-state index in [1.54, 1.807) is 0 Å². The lowest BCUT2D eigenvalue weighted by atomic mass is 9.95. The molecule has 0 aromatic rings. The molecule has 1 heterocycles.